The molecule has 0 bridgehead atoms. The van der Waals surface area contributed by atoms with E-state index in [-0.39, 0.29) is 17.9 Å². The summed E-state index contributed by atoms with van der Waals surface area (Å²) in [4.78, 5) is 23.2. The molecule has 2 N–H and O–H groups in total. The highest BCUT2D eigenvalue weighted by molar-refractivity contribution is 7.99. The van der Waals surface area contributed by atoms with E-state index in [2.05, 4.69) is 16.9 Å². The lowest BCUT2D eigenvalue weighted by molar-refractivity contribution is -0.114. The Morgan fingerprint density at radius 3 is 2.52 bits per heavy atom. The van der Waals surface area contributed by atoms with Crippen LogP contribution < -0.4 is 10.6 Å². The van der Waals surface area contributed by atoms with Gasteiger partial charge in [0.25, 0.3) is 5.91 Å². The molecule has 1 fully saturated rings. The molecule has 4 nitrogen and oxygen atoms in total. The number of rotatable bonds is 4. The van der Waals surface area contributed by atoms with Crippen molar-refractivity contribution in [3.63, 3.8) is 0 Å². The van der Waals surface area contributed by atoms with Gasteiger partial charge in [0.05, 0.1) is 0 Å². The minimum atomic E-state index is -0.113. The van der Waals surface area contributed by atoms with Crippen LogP contribution >= 0.6 is 11.8 Å². The Hall–Kier alpha value is -1.49. The summed E-state index contributed by atoms with van der Waals surface area (Å²) in [6.45, 7) is 1.46. The SMILES string of the molecule is CS[C@H]1CCC[C@@H](NC(=O)c2ccc(NC(C)=O)cc2)C1. The molecule has 0 unspecified atom stereocenters. The predicted molar refractivity (Wildman–Crippen MR) is 87.8 cm³/mol. The minimum Gasteiger partial charge on any atom is -0.349 e. The number of carbonyl (C=O) groups excluding carboxylic acids is 2. The van der Waals surface area contributed by atoms with Crippen molar-refractivity contribution in [3.05, 3.63) is 29.8 Å². The summed E-state index contributed by atoms with van der Waals surface area (Å²) in [5.74, 6) is -0.145. The first-order valence-corrected chi connectivity index (χ1v) is 8.58. The zero-order valence-electron chi connectivity index (χ0n) is 12.5. The lowest BCUT2D eigenvalue weighted by Gasteiger charge is -2.28. The van der Waals surface area contributed by atoms with Crippen LogP contribution in [-0.2, 0) is 4.79 Å². The first-order chi connectivity index (χ1) is 10.1. The van der Waals surface area contributed by atoms with Crippen molar-refractivity contribution >= 4 is 29.3 Å². The maximum atomic E-state index is 12.2. The van der Waals surface area contributed by atoms with Crippen LogP contribution in [0.3, 0.4) is 0 Å². The van der Waals surface area contributed by atoms with Gasteiger partial charge in [0.1, 0.15) is 0 Å². The number of anilines is 1. The number of hydrogen-bond acceptors (Lipinski definition) is 3. The lowest BCUT2D eigenvalue weighted by Crippen LogP contribution is -2.39. The second-order valence-corrected chi connectivity index (χ2v) is 6.59. The average Bonchev–Trinajstić information content (AvgIpc) is 2.47. The van der Waals surface area contributed by atoms with Crippen molar-refractivity contribution < 1.29 is 9.59 Å². The fourth-order valence-corrected chi connectivity index (χ4v) is 3.49. The Labute approximate surface area is 130 Å². The van der Waals surface area contributed by atoms with E-state index >= 15 is 0 Å². The normalized spacial score (nSPS) is 21.6. The molecule has 0 aromatic heterocycles. The molecule has 21 heavy (non-hydrogen) atoms. The summed E-state index contributed by atoms with van der Waals surface area (Å²) in [6, 6.07) is 7.27. The van der Waals surface area contributed by atoms with Gasteiger partial charge in [-0.15, -0.1) is 0 Å². The van der Waals surface area contributed by atoms with E-state index in [4.69, 9.17) is 0 Å². The third kappa shape index (κ3) is 4.77. The van der Waals surface area contributed by atoms with Crippen molar-refractivity contribution in [2.24, 2.45) is 0 Å². The fraction of sp³-hybridized carbons (Fsp3) is 0.500. The molecule has 0 saturated heterocycles. The van der Waals surface area contributed by atoms with Crippen LogP contribution in [-0.4, -0.2) is 29.4 Å². The number of carbonyl (C=O) groups is 2. The molecule has 114 valence electrons. The summed E-state index contributed by atoms with van der Waals surface area (Å²) in [6.07, 6.45) is 6.68. The third-order valence-electron chi connectivity index (χ3n) is 3.76. The number of amides is 2. The highest BCUT2D eigenvalue weighted by Crippen LogP contribution is 2.27. The number of thioether (sulfide) groups is 1. The smallest absolute Gasteiger partial charge is 0.251 e. The van der Waals surface area contributed by atoms with Gasteiger partial charge in [0.15, 0.2) is 0 Å². The van der Waals surface area contributed by atoms with Crippen LogP contribution in [0.25, 0.3) is 0 Å². The predicted octanol–water partition coefficient (Wildman–Crippen LogP) is 3.05. The summed E-state index contributed by atoms with van der Waals surface area (Å²) >= 11 is 1.89. The maximum absolute atomic E-state index is 12.2. The first kappa shape index (κ1) is 15.9. The summed E-state index contributed by atoms with van der Waals surface area (Å²) in [7, 11) is 0. The van der Waals surface area contributed by atoms with Gasteiger partial charge in [-0.2, -0.15) is 11.8 Å². The van der Waals surface area contributed by atoms with Crippen LogP contribution in [0.15, 0.2) is 24.3 Å². The van der Waals surface area contributed by atoms with E-state index in [9.17, 15) is 9.59 Å². The van der Waals surface area contributed by atoms with Gasteiger partial charge < -0.3 is 10.6 Å². The molecule has 0 spiro atoms. The summed E-state index contributed by atoms with van der Waals surface area (Å²) < 4.78 is 0. The molecule has 1 aromatic rings. The molecule has 1 aliphatic rings. The Kier molecular flexibility index (Phi) is 5.67. The lowest BCUT2D eigenvalue weighted by atomic mass is 9.94. The van der Waals surface area contributed by atoms with E-state index in [1.165, 1.54) is 19.8 Å². The molecule has 2 amide bonds. The summed E-state index contributed by atoms with van der Waals surface area (Å²) in [5, 5.41) is 6.47. The Balaban J connectivity index is 1.92. The number of hydrogen-bond donors (Lipinski definition) is 2. The van der Waals surface area contributed by atoms with Crippen LogP contribution in [0.5, 0.6) is 0 Å². The van der Waals surface area contributed by atoms with Crippen molar-refractivity contribution in [2.75, 3.05) is 11.6 Å². The molecule has 0 aliphatic heterocycles. The highest BCUT2D eigenvalue weighted by atomic mass is 32.2. The quantitative estimate of drug-likeness (QED) is 0.899. The molecular formula is C16H22N2O2S. The standard InChI is InChI=1S/C16H22N2O2S/c1-11(19)17-13-8-6-12(7-9-13)16(20)18-14-4-3-5-15(10-14)21-2/h6-9,14-15H,3-5,10H2,1-2H3,(H,17,19)(H,18,20)/t14-,15+/m1/s1. The molecular weight excluding hydrogens is 284 g/mol. The minimum absolute atomic E-state index is 0.0314. The molecule has 1 aliphatic carbocycles. The van der Waals surface area contributed by atoms with Crippen LogP contribution in [0, 0.1) is 0 Å². The monoisotopic (exact) mass is 306 g/mol. The zero-order valence-corrected chi connectivity index (χ0v) is 13.3. The maximum Gasteiger partial charge on any atom is 0.251 e. The number of nitrogens with one attached hydrogen (secondary N) is 2. The van der Waals surface area contributed by atoms with Gasteiger partial charge in [-0.1, -0.05) is 6.42 Å². The molecule has 2 rings (SSSR count). The third-order valence-corrected chi connectivity index (χ3v) is 4.86. The first-order valence-electron chi connectivity index (χ1n) is 7.30. The Morgan fingerprint density at radius 1 is 1.19 bits per heavy atom. The van der Waals surface area contributed by atoms with Gasteiger partial charge >= 0.3 is 0 Å². The molecule has 1 saturated carbocycles. The van der Waals surface area contributed by atoms with Crippen molar-refractivity contribution in [2.45, 2.75) is 43.9 Å². The van der Waals surface area contributed by atoms with E-state index in [1.54, 1.807) is 24.3 Å². The molecule has 1 aromatic carbocycles. The molecule has 0 heterocycles. The topological polar surface area (TPSA) is 58.2 Å². The van der Waals surface area contributed by atoms with Crippen molar-refractivity contribution in [1.82, 2.24) is 5.32 Å². The van der Waals surface area contributed by atoms with E-state index in [0.29, 0.717) is 16.5 Å². The van der Waals surface area contributed by atoms with Gasteiger partial charge in [0, 0.05) is 29.5 Å². The van der Waals surface area contributed by atoms with Gasteiger partial charge in [0.2, 0.25) is 5.91 Å². The van der Waals surface area contributed by atoms with Gasteiger partial charge in [-0.25, -0.2) is 0 Å². The molecule has 5 heteroatoms. The Morgan fingerprint density at radius 2 is 1.90 bits per heavy atom. The van der Waals surface area contributed by atoms with Crippen molar-refractivity contribution in [1.29, 1.82) is 0 Å². The second kappa shape index (κ2) is 7.50. The Bertz CT molecular complexity index is 502. The molecule has 2 atom stereocenters. The van der Waals surface area contributed by atoms with E-state index in [0.717, 1.165) is 12.8 Å². The zero-order chi connectivity index (χ0) is 15.2. The van der Waals surface area contributed by atoms with Crippen LogP contribution in [0.4, 0.5) is 5.69 Å². The van der Waals surface area contributed by atoms with Gasteiger partial charge in [-0.3, -0.25) is 9.59 Å². The van der Waals surface area contributed by atoms with Crippen LogP contribution in [0.1, 0.15) is 43.0 Å². The number of benzene rings is 1. The van der Waals surface area contributed by atoms with E-state index in [1.807, 2.05) is 11.8 Å². The molecule has 0 radical (unpaired) electrons. The van der Waals surface area contributed by atoms with E-state index < -0.39 is 0 Å². The fourth-order valence-electron chi connectivity index (χ4n) is 2.67. The van der Waals surface area contributed by atoms with Gasteiger partial charge in [-0.05, 0) is 49.8 Å². The summed E-state index contributed by atoms with van der Waals surface area (Å²) in [5.41, 5.74) is 1.34. The average molecular weight is 306 g/mol. The second-order valence-electron chi connectivity index (χ2n) is 5.45. The largest absolute Gasteiger partial charge is 0.349 e. The highest BCUT2D eigenvalue weighted by Gasteiger charge is 2.22. The van der Waals surface area contributed by atoms with Crippen LogP contribution in [0.2, 0.25) is 0 Å². The van der Waals surface area contributed by atoms with Crippen molar-refractivity contribution in [3.8, 4) is 0 Å².